The molecule has 0 atom stereocenters. The summed E-state index contributed by atoms with van der Waals surface area (Å²) in [6.45, 7) is 0.543. The first-order valence-electron chi connectivity index (χ1n) is 4.74. The summed E-state index contributed by atoms with van der Waals surface area (Å²) in [5.74, 6) is 0. The smallest absolute Gasteiger partial charge is 0.407 e. The number of carbonyl (C=O) groups is 1. The minimum Gasteiger partial charge on any atom is -0.445 e. The first kappa shape index (κ1) is 12.5. The summed E-state index contributed by atoms with van der Waals surface area (Å²) in [6.07, 6.45) is -0.217. The molecule has 0 aliphatic rings. The van der Waals surface area contributed by atoms with Crippen molar-refractivity contribution >= 4 is 22.0 Å². The second kappa shape index (κ2) is 6.85. The van der Waals surface area contributed by atoms with E-state index >= 15 is 0 Å². The van der Waals surface area contributed by atoms with E-state index in [0.29, 0.717) is 6.54 Å². The molecule has 1 aromatic carbocycles. The van der Waals surface area contributed by atoms with E-state index in [0.717, 1.165) is 10.0 Å². The average Bonchev–Trinajstić information content (AvgIpc) is 2.29. The molecule has 1 rings (SSSR count). The first-order chi connectivity index (χ1) is 7.72. The lowest BCUT2D eigenvalue weighted by Crippen LogP contribution is -2.24. The topological polar surface area (TPSA) is 62.1 Å². The van der Waals surface area contributed by atoms with E-state index < -0.39 is 6.09 Å². The summed E-state index contributed by atoms with van der Waals surface area (Å²) < 4.78 is 5.92. The van der Waals surface area contributed by atoms with Crippen LogP contribution >= 0.6 is 15.9 Å². The fourth-order valence-electron chi connectivity index (χ4n) is 1.00. The van der Waals surface area contributed by atoms with E-state index in [1.807, 2.05) is 30.3 Å². The van der Waals surface area contributed by atoms with Gasteiger partial charge >= 0.3 is 6.09 Å². The molecule has 4 nitrogen and oxygen atoms in total. The molecule has 1 N–H and O–H groups in total. The van der Waals surface area contributed by atoms with Crippen LogP contribution in [-0.4, -0.2) is 12.6 Å². The number of nitriles is 1. The Balaban J connectivity index is 2.26. The number of carbonyl (C=O) groups excluding carboxylic acids is 1. The van der Waals surface area contributed by atoms with Gasteiger partial charge in [0.2, 0.25) is 0 Å². The van der Waals surface area contributed by atoms with E-state index in [1.54, 1.807) is 0 Å². The molecule has 1 aromatic rings. The molecule has 0 unspecified atom stereocenters. The molecule has 0 spiro atoms. The molecule has 0 bridgehead atoms. The van der Waals surface area contributed by atoms with Gasteiger partial charge in [-0.05, 0) is 17.7 Å². The molecule has 0 aliphatic heterocycles. The van der Waals surface area contributed by atoms with Gasteiger partial charge in [-0.1, -0.05) is 28.1 Å². The maximum absolute atomic E-state index is 11.1. The number of nitrogens with one attached hydrogen (secondary N) is 1. The number of amides is 1. The van der Waals surface area contributed by atoms with E-state index in [9.17, 15) is 4.79 Å². The summed E-state index contributed by atoms with van der Waals surface area (Å²) in [7, 11) is 0. The second-order valence-electron chi connectivity index (χ2n) is 3.04. The van der Waals surface area contributed by atoms with Crippen LogP contribution in [0.1, 0.15) is 12.0 Å². The fourth-order valence-corrected chi connectivity index (χ4v) is 1.27. The highest BCUT2D eigenvalue weighted by Gasteiger charge is 2.01. The quantitative estimate of drug-likeness (QED) is 0.864. The molecule has 5 heteroatoms. The third-order valence-electron chi connectivity index (χ3n) is 1.79. The minimum absolute atomic E-state index is 0.228. The normalized spacial score (nSPS) is 9.25. The third-order valence-corrected chi connectivity index (χ3v) is 2.32. The lowest BCUT2D eigenvalue weighted by Gasteiger charge is -2.05. The Labute approximate surface area is 102 Å². The molecule has 84 valence electrons. The van der Waals surface area contributed by atoms with Crippen molar-refractivity contribution in [1.82, 2.24) is 5.32 Å². The van der Waals surface area contributed by atoms with Crippen LogP contribution in [0.2, 0.25) is 0 Å². The molecule has 0 aromatic heterocycles. The zero-order valence-electron chi connectivity index (χ0n) is 8.57. The molecule has 0 saturated heterocycles. The van der Waals surface area contributed by atoms with Gasteiger partial charge in [-0.2, -0.15) is 5.26 Å². The van der Waals surface area contributed by atoms with Crippen molar-refractivity contribution in [1.29, 1.82) is 5.26 Å². The third kappa shape index (κ3) is 4.80. The predicted molar refractivity (Wildman–Crippen MR) is 62.6 cm³/mol. The number of alkyl carbamates (subject to hydrolysis) is 1. The SMILES string of the molecule is N#CCCNC(=O)OCc1ccc(Br)cc1. The molecule has 16 heavy (non-hydrogen) atoms. The second-order valence-corrected chi connectivity index (χ2v) is 3.95. The van der Waals surface area contributed by atoms with Crippen molar-refractivity contribution in [2.75, 3.05) is 6.54 Å². The van der Waals surface area contributed by atoms with Crippen molar-refractivity contribution in [3.63, 3.8) is 0 Å². The van der Waals surface area contributed by atoms with Gasteiger partial charge < -0.3 is 10.1 Å². The molecule has 0 saturated carbocycles. The van der Waals surface area contributed by atoms with Crippen molar-refractivity contribution < 1.29 is 9.53 Å². The Morgan fingerprint density at radius 3 is 2.75 bits per heavy atom. The lowest BCUT2D eigenvalue weighted by molar-refractivity contribution is 0.140. The fraction of sp³-hybridized carbons (Fsp3) is 0.273. The molecule has 0 radical (unpaired) electrons. The molecule has 0 aliphatic carbocycles. The number of rotatable bonds is 4. The number of halogens is 1. The van der Waals surface area contributed by atoms with Gasteiger partial charge in [0, 0.05) is 11.0 Å². The number of hydrogen-bond acceptors (Lipinski definition) is 3. The van der Waals surface area contributed by atoms with Gasteiger partial charge in [-0.25, -0.2) is 4.79 Å². The largest absolute Gasteiger partial charge is 0.445 e. The van der Waals surface area contributed by atoms with Crippen LogP contribution in [0.5, 0.6) is 0 Å². The number of ether oxygens (including phenoxy) is 1. The van der Waals surface area contributed by atoms with Crippen LogP contribution in [0.4, 0.5) is 4.79 Å². The van der Waals surface area contributed by atoms with Crippen LogP contribution in [0.15, 0.2) is 28.7 Å². The van der Waals surface area contributed by atoms with Gasteiger partial charge in [0.1, 0.15) is 6.61 Å². The van der Waals surface area contributed by atoms with Crippen molar-refractivity contribution in [3.8, 4) is 6.07 Å². The van der Waals surface area contributed by atoms with Crippen molar-refractivity contribution in [2.45, 2.75) is 13.0 Å². The standard InChI is InChI=1S/C11H11BrN2O2/c12-10-4-2-9(3-5-10)8-16-11(15)14-7-1-6-13/h2-5H,1,7-8H2,(H,14,15). The van der Waals surface area contributed by atoms with Crippen molar-refractivity contribution in [2.24, 2.45) is 0 Å². The van der Waals surface area contributed by atoms with E-state index in [-0.39, 0.29) is 13.0 Å². The zero-order chi connectivity index (χ0) is 11.8. The van der Waals surface area contributed by atoms with Gasteiger partial charge in [0.25, 0.3) is 0 Å². The molecule has 0 fully saturated rings. The molecular formula is C11H11BrN2O2. The van der Waals surface area contributed by atoms with Crippen LogP contribution in [0, 0.1) is 11.3 Å². The monoisotopic (exact) mass is 282 g/mol. The van der Waals surface area contributed by atoms with Crippen LogP contribution in [0.25, 0.3) is 0 Å². The Kier molecular flexibility index (Phi) is 5.37. The van der Waals surface area contributed by atoms with Crippen molar-refractivity contribution in [3.05, 3.63) is 34.3 Å². The molecule has 0 heterocycles. The minimum atomic E-state index is -0.502. The average molecular weight is 283 g/mol. The molecular weight excluding hydrogens is 272 g/mol. The Hall–Kier alpha value is -1.54. The van der Waals surface area contributed by atoms with E-state index in [4.69, 9.17) is 10.00 Å². The zero-order valence-corrected chi connectivity index (χ0v) is 10.2. The maximum atomic E-state index is 11.1. The van der Waals surface area contributed by atoms with Crippen LogP contribution < -0.4 is 5.32 Å². The number of nitrogens with zero attached hydrogens (tertiary/aromatic N) is 1. The highest BCUT2D eigenvalue weighted by atomic mass is 79.9. The summed E-state index contributed by atoms with van der Waals surface area (Å²) in [5.41, 5.74) is 0.915. The van der Waals surface area contributed by atoms with Gasteiger partial charge in [-0.15, -0.1) is 0 Å². The Morgan fingerprint density at radius 1 is 1.44 bits per heavy atom. The molecule has 1 amide bonds. The van der Waals surface area contributed by atoms with Gasteiger partial charge in [-0.3, -0.25) is 0 Å². The predicted octanol–water partition coefficient (Wildman–Crippen LogP) is 2.59. The summed E-state index contributed by atoms with van der Waals surface area (Å²) in [5, 5.41) is 10.7. The van der Waals surface area contributed by atoms with Gasteiger partial charge in [0.05, 0.1) is 12.5 Å². The Bertz CT molecular complexity index is 384. The van der Waals surface area contributed by atoms with E-state index in [2.05, 4.69) is 21.2 Å². The maximum Gasteiger partial charge on any atom is 0.407 e. The Morgan fingerprint density at radius 2 is 2.12 bits per heavy atom. The van der Waals surface area contributed by atoms with Crippen LogP contribution in [0.3, 0.4) is 0 Å². The van der Waals surface area contributed by atoms with Gasteiger partial charge in [0.15, 0.2) is 0 Å². The van der Waals surface area contributed by atoms with Crippen LogP contribution in [-0.2, 0) is 11.3 Å². The highest BCUT2D eigenvalue weighted by molar-refractivity contribution is 9.10. The summed E-state index contributed by atoms with van der Waals surface area (Å²) in [4.78, 5) is 11.1. The summed E-state index contributed by atoms with van der Waals surface area (Å²) >= 11 is 3.32. The van der Waals surface area contributed by atoms with E-state index in [1.165, 1.54) is 0 Å². The number of benzene rings is 1. The number of hydrogen-bond donors (Lipinski definition) is 1. The summed E-state index contributed by atoms with van der Waals surface area (Å²) in [6, 6.07) is 9.43. The highest BCUT2D eigenvalue weighted by Crippen LogP contribution is 2.11. The lowest BCUT2D eigenvalue weighted by atomic mass is 10.2. The first-order valence-corrected chi connectivity index (χ1v) is 5.53.